The summed E-state index contributed by atoms with van der Waals surface area (Å²) in [6, 6.07) is 0. The van der Waals surface area contributed by atoms with Crippen molar-refractivity contribution in [3.05, 3.63) is 36.3 Å². The van der Waals surface area contributed by atoms with E-state index in [-0.39, 0.29) is 5.57 Å². The summed E-state index contributed by atoms with van der Waals surface area (Å²) < 4.78 is 9.73. The lowest BCUT2D eigenvalue weighted by atomic mass is 10.0. The number of carbonyl (C=O) groups is 2. The minimum atomic E-state index is -0.711. The highest BCUT2D eigenvalue weighted by Crippen LogP contribution is 2.15. The smallest absolute Gasteiger partial charge is 0.346 e. The van der Waals surface area contributed by atoms with E-state index in [2.05, 4.69) is 29.4 Å². The molecule has 0 aromatic rings. The van der Waals surface area contributed by atoms with Crippen molar-refractivity contribution in [2.24, 2.45) is 0 Å². The normalized spacial score (nSPS) is 10.6. The van der Waals surface area contributed by atoms with Crippen LogP contribution in [0.25, 0.3) is 0 Å². The average molecular weight is 250 g/mol. The number of methoxy groups -OCH3 is 1. The van der Waals surface area contributed by atoms with Gasteiger partial charge in [0.15, 0.2) is 0 Å². The Labute approximate surface area is 107 Å². The first-order valence-corrected chi connectivity index (χ1v) is 5.66. The Morgan fingerprint density at radius 2 is 2.11 bits per heavy atom. The molecule has 0 aliphatic carbocycles. The summed E-state index contributed by atoms with van der Waals surface area (Å²) in [6.45, 7) is 8.67. The molecule has 1 atom stereocenters. The van der Waals surface area contributed by atoms with Crippen molar-refractivity contribution in [3.8, 4) is 0 Å². The first kappa shape index (κ1) is 16.0. The second kappa shape index (κ2) is 9.06. The van der Waals surface area contributed by atoms with Crippen molar-refractivity contribution in [1.29, 1.82) is 0 Å². The van der Waals surface area contributed by atoms with E-state index < -0.39 is 18.0 Å². The highest BCUT2D eigenvalue weighted by Gasteiger charge is 2.24. The quantitative estimate of drug-likeness (QED) is 0.395. The van der Waals surface area contributed by atoms with Crippen LogP contribution in [0.1, 0.15) is 26.2 Å². The highest BCUT2D eigenvalue weighted by atomic mass is 16.6. The van der Waals surface area contributed by atoms with Gasteiger partial charge in [-0.2, -0.15) is 0 Å². The van der Waals surface area contributed by atoms with Crippen LogP contribution in [-0.4, -0.2) is 25.2 Å². The molecule has 0 fully saturated rings. The Hall–Kier alpha value is -2.02. The Kier molecular flexibility index (Phi) is 8.04. The summed E-state index contributed by atoms with van der Waals surface area (Å²) in [6.07, 6.45) is 2.56. The van der Waals surface area contributed by atoms with Crippen LogP contribution >= 0.6 is 0 Å². The Balaban J connectivity index is 5.16. The maximum Gasteiger partial charge on any atom is 0.346 e. The average Bonchev–Trinajstić information content (AvgIpc) is 2.39. The van der Waals surface area contributed by atoms with Crippen molar-refractivity contribution in [2.45, 2.75) is 32.3 Å². The lowest BCUT2D eigenvalue weighted by Gasteiger charge is -2.16. The molecular weight excluding hydrogens is 232 g/mol. The zero-order valence-electron chi connectivity index (χ0n) is 10.8. The van der Waals surface area contributed by atoms with Gasteiger partial charge in [-0.15, -0.1) is 0 Å². The molecule has 0 radical (unpaired) electrons. The van der Waals surface area contributed by atoms with Gasteiger partial charge >= 0.3 is 11.9 Å². The van der Waals surface area contributed by atoms with Gasteiger partial charge in [-0.25, -0.2) is 9.59 Å². The van der Waals surface area contributed by atoms with Crippen LogP contribution in [0.3, 0.4) is 0 Å². The lowest BCUT2D eigenvalue weighted by Crippen LogP contribution is -2.24. The molecule has 1 unspecified atom stereocenters. The van der Waals surface area contributed by atoms with Crippen LogP contribution < -0.4 is 0 Å². The summed E-state index contributed by atoms with van der Waals surface area (Å²) in [7, 11) is 1.25. The Bertz CT molecular complexity index is 396. The number of esters is 2. The molecule has 4 heteroatoms. The molecule has 0 saturated carbocycles. The summed E-state index contributed by atoms with van der Waals surface area (Å²) in [5.74, 6) is -1.20. The molecule has 0 saturated heterocycles. The van der Waals surface area contributed by atoms with Gasteiger partial charge in [0.1, 0.15) is 11.7 Å². The van der Waals surface area contributed by atoms with Gasteiger partial charge in [0.2, 0.25) is 0 Å². The van der Waals surface area contributed by atoms with Crippen molar-refractivity contribution in [3.63, 3.8) is 0 Å². The van der Waals surface area contributed by atoms with E-state index in [0.717, 1.165) is 18.9 Å². The van der Waals surface area contributed by atoms with Gasteiger partial charge in [-0.05, 0) is 19.4 Å². The van der Waals surface area contributed by atoms with Gasteiger partial charge in [0.25, 0.3) is 0 Å². The van der Waals surface area contributed by atoms with E-state index in [1.807, 2.05) is 6.92 Å². The minimum Gasteiger partial charge on any atom is -0.465 e. The molecule has 0 bridgehead atoms. The largest absolute Gasteiger partial charge is 0.465 e. The highest BCUT2D eigenvalue weighted by molar-refractivity contribution is 5.90. The molecule has 0 aromatic carbocycles. The maximum absolute atomic E-state index is 11.6. The molecule has 0 spiro atoms. The lowest BCUT2D eigenvalue weighted by molar-refractivity contribution is -0.144. The number of carbonyl (C=O) groups excluding carboxylic acids is 2. The monoisotopic (exact) mass is 250 g/mol. The van der Waals surface area contributed by atoms with Crippen LogP contribution in [0.4, 0.5) is 0 Å². The first-order valence-electron chi connectivity index (χ1n) is 5.66. The van der Waals surface area contributed by atoms with Crippen molar-refractivity contribution < 1.29 is 19.1 Å². The third-order valence-corrected chi connectivity index (χ3v) is 2.20. The summed E-state index contributed by atoms with van der Waals surface area (Å²) in [5, 5.41) is 0. The third kappa shape index (κ3) is 5.35. The second-order valence-electron chi connectivity index (χ2n) is 3.48. The molecule has 18 heavy (non-hydrogen) atoms. The SMILES string of the molecule is C=C=C=C(C(=O)OC)C(CCCC)OC(=O)C=C. The number of rotatable bonds is 7. The fourth-order valence-electron chi connectivity index (χ4n) is 1.31. The van der Waals surface area contributed by atoms with E-state index in [4.69, 9.17) is 4.74 Å². The molecule has 0 rings (SSSR count). The molecule has 4 nitrogen and oxygen atoms in total. The Morgan fingerprint density at radius 3 is 2.56 bits per heavy atom. The fraction of sp³-hybridized carbons (Fsp3) is 0.429. The van der Waals surface area contributed by atoms with Crippen LogP contribution in [0, 0.1) is 0 Å². The minimum absolute atomic E-state index is 0.108. The van der Waals surface area contributed by atoms with Crippen molar-refractivity contribution in [1.82, 2.24) is 0 Å². The summed E-state index contributed by atoms with van der Waals surface area (Å²) >= 11 is 0. The second-order valence-corrected chi connectivity index (χ2v) is 3.48. The van der Waals surface area contributed by atoms with E-state index in [9.17, 15) is 9.59 Å². The fourth-order valence-corrected chi connectivity index (χ4v) is 1.31. The van der Waals surface area contributed by atoms with Crippen LogP contribution in [-0.2, 0) is 19.1 Å². The van der Waals surface area contributed by atoms with Crippen molar-refractivity contribution in [2.75, 3.05) is 7.11 Å². The van der Waals surface area contributed by atoms with Crippen LogP contribution in [0.5, 0.6) is 0 Å². The zero-order chi connectivity index (χ0) is 14.0. The molecule has 0 amide bonds. The number of unbranched alkanes of at least 4 members (excludes halogenated alkanes) is 1. The van der Waals surface area contributed by atoms with Gasteiger partial charge < -0.3 is 9.47 Å². The van der Waals surface area contributed by atoms with Crippen LogP contribution in [0.15, 0.2) is 36.3 Å². The topological polar surface area (TPSA) is 52.6 Å². The predicted octanol–water partition coefficient (Wildman–Crippen LogP) is 2.31. The van der Waals surface area contributed by atoms with E-state index in [1.54, 1.807) is 0 Å². The molecule has 0 heterocycles. The number of hydrogen-bond acceptors (Lipinski definition) is 4. The van der Waals surface area contributed by atoms with Gasteiger partial charge in [0.05, 0.1) is 7.11 Å². The molecule has 98 valence electrons. The maximum atomic E-state index is 11.6. The van der Waals surface area contributed by atoms with Gasteiger partial charge in [0, 0.05) is 6.08 Å². The first-order chi connectivity index (χ1) is 8.60. The van der Waals surface area contributed by atoms with E-state index in [0.29, 0.717) is 6.42 Å². The Morgan fingerprint density at radius 1 is 1.44 bits per heavy atom. The van der Waals surface area contributed by atoms with E-state index in [1.165, 1.54) is 7.11 Å². The molecular formula is C14H18O4. The number of hydrogen-bond donors (Lipinski definition) is 0. The standard InChI is InChI=1S/C14H18O4/c1-5-8-10-12(18-13(15)7-3)11(9-6-2)14(16)17-4/h7,12H,2-3,5,8,10H2,1,4H3. The molecule has 0 aliphatic rings. The van der Waals surface area contributed by atoms with Crippen LogP contribution in [0.2, 0.25) is 0 Å². The third-order valence-electron chi connectivity index (χ3n) is 2.20. The van der Waals surface area contributed by atoms with Gasteiger partial charge in [-0.3, -0.25) is 0 Å². The summed E-state index contributed by atoms with van der Waals surface area (Å²) in [5.41, 5.74) is 5.02. The van der Waals surface area contributed by atoms with Crippen molar-refractivity contribution >= 4 is 11.9 Å². The van der Waals surface area contributed by atoms with Gasteiger partial charge in [-0.1, -0.05) is 31.4 Å². The molecule has 0 N–H and O–H groups in total. The van der Waals surface area contributed by atoms with E-state index >= 15 is 0 Å². The summed E-state index contributed by atoms with van der Waals surface area (Å²) in [4.78, 5) is 22.8. The number of ether oxygens (including phenoxy) is 2. The predicted molar refractivity (Wildman–Crippen MR) is 67.8 cm³/mol. The molecule has 0 aliphatic heterocycles. The molecule has 0 aromatic heterocycles. The zero-order valence-corrected chi connectivity index (χ0v) is 10.8.